The van der Waals surface area contributed by atoms with Crippen LogP contribution in [0.25, 0.3) is 0 Å². The van der Waals surface area contributed by atoms with Gasteiger partial charge in [-0.25, -0.2) is 8.42 Å². The Hall–Kier alpha value is -2.05. The zero-order valence-corrected chi connectivity index (χ0v) is 18.4. The molecule has 2 aromatic carbocycles. The summed E-state index contributed by atoms with van der Waals surface area (Å²) in [4.78, 5) is 12.6. The van der Waals surface area contributed by atoms with E-state index < -0.39 is 15.6 Å². The van der Waals surface area contributed by atoms with Gasteiger partial charge in [-0.05, 0) is 56.0 Å². The van der Waals surface area contributed by atoms with Gasteiger partial charge in [0, 0.05) is 16.8 Å². The number of sulfonamides is 1. The van der Waals surface area contributed by atoms with E-state index in [0.29, 0.717) is 5.69 Å². The van der Waals surface area contributed by atoms with E-state index in [-0.39, 0.29) is 26.8 Å². The van der Waals surface area contributed by atoms with Crippen molar-refractivity contribution in [2.24, 2.45) is 5.41 Å². The highest BCUT2D eigenvalue weighted by Gasteiger charge is 2.28. The zero-order chi connectivity index (χ0) is 21.2. The Kier molecular flexibility index (Phi) is 6.46. The van der Waals surface area contributed by atoms with Gasteiger partial charge in [-0.1, -0.05) is 50.6 Å². The van der Waals surface area contributed by atoms with Crippen LogP contribution in [0.15, 0.2) is 53.4 Å². The number of halogens is 1. The van der Waals surface area contributed by atoms with Crippen molar-refractivity contribution >= 4 is 33.2 Å². The highest BCUT2D eigenvalue weighted by atomic mass is 35.5. The van der Waals surface area contributed by atoms with Crippen molar-refractivity contribution in [1.29, 1.82) is 0 Å². The molecule has 7 heteroatoms. The predicted octanol–water partition coefficient (Wildman–Crippen LogP) is 5.09. The molecule has 5 nitrogen and oxygen atoms in total. The standard InChI is InChI=1S/C21H27ClN2O3S/c1-20(2,3)14-21(4,5)23-19(25)15-11-12-17(22)18(13-15)28(26,27)24-16-9-7-6-8-10-16/h6-13,24H,14H2,1-5H3,(H,23,25). The summed E-state index contributed by atoms with van der Waals surface area (Å²) < 4.78 is 28.0. The van der Waals surface area contributed by atoms with Gasteiger partial charge in [-0.3, -0.25) is 9.52 Å². The van der Waals surface area contributed by atoms with Crippen LogP contribution < -0.4 is 10.0 Å². The maximum atomic E-state index is 12.7. The van der Waals surface area contributed by atoms with Gasteiger partial charge in [-0.2, -0.15) is 0 Å². The van der Waals surface area contributed by atoms with E-state index in [2.05, 4.69) is 30.8 Å². The molecule has 28 heavy (non-hydrogen) atoms. The van der Waals surface area contributed by atoms with Crippen LogP contribution in [0.3, 0.4) is 0 Å². The van der Waals surface area contributed by atoms with Crippen LogP contribution in [-0.2, 0) is 10.0 Å². The van der Waals surface area contributed by atoms with Crippen LogP contribution in [0.1, 0.15) is 51.4 Å². The second kappa shape index (κ2) is 8.13. The first kappa shape index (κ1) is 22.2. The molecule has 0 atom stereocenters. The van der Waals surface area contributed by atoms with Gasteiger partial charge in [0.25, 0.3) is 15.9 Å². The topological polar surface area (TPSA) is 75.3 Å². The molecule has 0 aliphatic carbocycles. The van der Waals surface area contributed by atoms with Crippen LogP contribution in [0.5, 0.6) is 0 Å². The number of carbonyl (C=O) groups is 1. The van der Waals surface area contributed by atoms with E-state index in [4.69, 9.17) is 11.6 Å². The third-order valence-corrected chi connectivity index (χ3v) is 5.80. The molecule has 0 saturated heterocycles. The Morgan fingerprint density at radius 2 is 1.61 bits per heavy atom. The van der Waals surface area contributed by atoms with Crippen molar-refractivity contribution in [1.82, 2.24) is 5.32 Å². The van der Waals surface area contributed by atoms with Crippen molar-refractivity contribution in [3.05, 3.63) is 59.1 Å². The molecule has 0 heterocycles. The molecule has 0 unspecified atom stereocenters. The molecule has 0 fully saturated rings. The number of anilines is 1. The summed E-state index contributed by atoms with van der Waals surface area (Å²) >= 11 is 6.12. The van der Waals surface area contributed by atoms with Gasteiger partial charge < -0.3 is 5.32 Å². The Bertz CT molecular complexity index is 949. The molecule has 2 aromatic rings. The van der Waals surface area contributed by atoms with E-state index in [1.165, 1.54) is 18.2 Å². The van der Waals surface area contributed by atoms with Gasteiger partial charge in [0.2, 0.25) is 0 Å². The van der Waals surface area contributed by atoms with Crippen molar-refractivity contribution in [3.63, 3.8) is 0 Å². The first-order chi connectivity index (χ1) is 12.8. The summed E-state index contributed by atoms with van der Waals surface area (Å²) in [6, 6.07) is 12.7. The second-order valence-electron chi connectivity index (χ2n) is 8.69. The molecule has 2 N–H and O–H groups in total. The average Bonchev–Trinajstić information content (AvgIpc) is 2.52. The third-order valence-electron chi connectivity index (χ3n) is 3.93. The van der Waals surface area contributed by atoms with Crippen LogP contribution in [0, 0.1) is 5.41 Å². The van der Waals surface area contributed by atoms with Gasteiger partial charge in [0.05, 0.1) is 5.02 Å². The van der Waals surface area contributed by atoms with E-state index in [0.717, 1.165) is 6.42 Å². The molecule has 2 rings (SSSR count). The van der Waals surface area contributed by atoms with E-state index in [9.17, 15) is 13.2 Å². The maximum absolute atomic E-state index is 12.7. The minimum Gasteiger partial charge on any atom is -0.347 e. The van der Waals surface area contributed by atoms with E-state index in [1.54, 1.807) is 30.3 Å². The molecule has 0 bridgehead atoms. The summed E-state index contributed by atoms with van der Waals surface area (Å²) in [6.45, 7) is 10.2. The molecule has 152 valence electrons. The lowest BCUT2D eigenvalue weighted by atomic mass is 9.81. The number of carbonyl (C=O) groups excluding carboxylic acids is 1. The smallest absolute Gasteiger partial charge is 0.263 e. The normalized spacial score (nSPS) is 12.5. The van der Waals surface area contributed by atoms with Crippen LogP contribution in [0.4, 0.5) is 5.69 Å². The van der Waals surface area contributed by atoms with Crippen molar-refractivity contribution in [2.45, 2.75) is 51.5 Å². The lowest BCUT2D eigenvalue weighted by Crippen LogP contribution is -2.45. The Labute approximate surface area is 172 Å². The average molecular weight is 423 g/mol. The summed E-state index contributed by atoms with van der Waals surface area (Å²) in [7, 11) is -3.93. The van der Waals surface area contributed by atoms with Crippen LogP contribution >= 0.6 is 11.6 Å². The largest absolute Gasteiger partial charge is 0.347 e. The van der Waals surface area contributed by atoms with Gasteiger partial charge in [-0.15, -0.1) is 0 Å². The number of hydrogen-bond acceptors (Lipinski definition) is 3. The Balaban J connectivity index is 2.28. The minimum atomic E-state index is -3.93. The van der Waals surface area contributed by atoms with Crippen molar-refractivity contribution in [2.75, 3.05) is 4.72 Å². The first-order valence-corrected chi connectivity index (χ1v) is 10.9. The highest BCUT2D eigenvalue weighted by Crippen LogP contribution is 2.28. The molecule has 0 aliphatic heterocycles. The number of amides is 1. The fraction of sp³-hybridized carbons (Fsp3) is 0.381. The van der Waals surface area contributed by atoms with E-state index in [1.807, 2.05) is 13.8 Å². The fourth-order valence-corrected chi connectivity index (χ4v) is 4.90. The zero-order valence-electron chi connectivity index (χ0n) is 16.8. The number of para-hydroxylation sites is 1. The number of rotatable bonds is 6. The molecule has 0 saturated carbocycles. The Morgan fingerprint density at radius 1 is 1.00 bits per heavy atom. The van der Waals surface area contributed by atoms with Crippen LogP contribution in [-0.4, -0.2) is 19.9 Å². The molecular formula is C21H27ClN2O3S. The summed E-state index contributed by atoms with van der Waals surface area (Å²) in [6.07, 6.45) is 0.764. The molecule has 0 radical (unpaired) electrons. The molecule has 1 amide bonds. The lowest BCUT2D eigenvalue weighted by Gasteiger charge is -2.33. The van der Waals surface area contributed by atoms with Crippen molar-refractivity contribution < 1.29 is 13.2 Å². The molecule has 0 aliphatic rings. The number of nitrogens with one attached hydrogen (secondary N) is 2. The fourth-order valence-electron chi connectivity index (χ4n) is 3.32. The number of hydrogen-bond donors (Lipinski definition) is 2. The maximum Gasteiger partial charge on any atom is 0.263 e. The Morgan fingerprint density at radius 3 is 2.18 bits per heavy atom. The van der Waals surface area contributed by atoms with Crippen LogP contribution in [0.2, 0.25) is 5.02 Å². The summed E-state index contributed by atoms with van der Waals surface area (Å²) in [5, 5.41) is 3.03. The quantitative estimate of drug-likeness (QED) is 0.681. The highest BCUT2D eigenvalue weighted by molar-refractivity contribution is 7.92. The minimum absolute atomic E-state index is 0.0326. The monoisotopic (exact) mass is 422 g/mol. The van der Waals surface area contributed by atoms with Gasteiger partial charge >= 0.3 is 0 Å². The predicted molar refractivity (Wildman–Crippen MR) is 114 cm³/mol. The second-order valence-corrected chi connectivity index (χ2v) is 10.8. The molecule has 0 aromatic heterocycles. The summed E-state index contributed by atoms with van der Waals surface area (Å²) in [5.74, 6) is -0.345. The number of benzene rings is 2. The van der Waals surface area contributed by atoms with Gasteiger partial charge in [0.15, 0.2) is 0 Å². The summed E-state index contributed by atoms with van der Waals surface area (Å²) in [5.41, 5.74) is 0.237. The lowest BCUT2D eigenvalue weighted by molar-refractivity contribution is 0.0891. The molecule has 0 spiro atoms. The SMILES string of the molecule is CC(C)(C)CC(C)(C)NC(=O)c1ccc(Cl)c(S(=O)(=O)Nc2ccccc2)c1. The third kappa shape index (κ3) is 6.24. The van der Waals surface area contributed by atoms with E-state index >= 15 is 0 Å². The first-order valence-electron chi connectivity index (χ1n) is 8.99. The molecular weight excluding hydrogens is 396 g/mol. The van der Waals surface area contributed by atoms with Crippen molar-refractivity contribution in [3.8, 4) is 0 Å². The van der Waals surface area contributed by atoms with Gasteiger partial charge in [0.1, 0.15) is 4.90 Å².